The molecule has 0 bridgehead atoms. The van der Waals surface area contributed by atoms with Crippen LogP contribution in [0.25, 0.3) is 11.7 Å². The second kappa shape index (κ2) is 9.43. The number of aryl methyl sites for hydroxylation is 1. The molecule has 162 valence electrons. The third-order valence-electron chi connectivity index (χ3n) is 5.29. The van der Waals surface area contributed by atoms with Crippen molar-refractivity contribution in [3.05, 3.63) is 45.4 Å². The molecule has 2 aromatic heterocycles. The Labute approximate surface area is 179 Å². The van der Waals surface area contributed by atoms with Gasteiger partial charge < -0.3 is 14.4 Å². The average Bonchev–Trinajstić information content (AvgIpc) is 2.78. The molecule has 9 nitrogen and oxygen atoms in total. The molecular weight excluding hydrogens is 400 g/mol. The van der Waals surface area contributed by atoms with Crippen LogP contribution < -0.4 is 10.5 Å². The number of hydrogen-bond donors (Lipinski definition) is 0. The topological polar surface area (TPSA) is 114 Å². The number of methoxy groups -OCH3 is 1. The lowest BCUT2D eigenvalue weighted by Gasteiger charge is -2.32. The Morgan fingerprint density at radius 3 is 2.68 bits per heavy atom. The molecular formula is C22H24N4O5. The maximum absolute atomic E-state index is 13.3. The van der Waals surface area contributed by atoms with E-state index in [0.717, 1.165) is 5.56 Å². The molecule has 3 rings (SSSR count). The zero-order chi connectivity index (χ0) is 22.5. The first-order valence-electron chi connectivity index (χ1n) is 10.0. The second-order valence-corrected chi connectivity index (χ2v) is 7.21. The number of carbonyl (C=O) groups excluding carboxylic acids is 2. The quantitative estimate of drug-likeness (QED) is 0.406. The summed E-state index contributed by atoms with van der Waals surface area (Å²) in [6.45, 7) is 4.93. The van der Waals surface area contributed by atoms with Crippen LogP contribution in [-0.4, -0.2) is 48.1 Å². The Morgan fingerprint density at radius 2 is 2.06 bits per heavy atom. The van der Waals surface area contributed by atoms with Crippen molar-refractivity contribution in [3.8, 4) is 6.07 Å². The number of pyridine rings is 1. The molecule has 0 aromatic carbocycles. The zero-order valence-electron chi connectivity index (χ0n) is 17.8. The zero-order valence-corrected chi connectivity index (χ0v) is 17.8. The molecule has 0 aliphatic carbocycles. The van der Waals surface area contributed by atoms with E-state index in [1.165, 1.54) is 17.6 Å². The van der Waals surface area contributed by atoms with Crippen molar-refractivity contribution in [3.63, 3.8) is 0 Å². The molecule has 1 fully saturated rings. The minimum atomic E-state index is -0.830. The standard InChI is InChI=1S/C22H24N4O5/c1-4-31-22(29)15-7-10-25(11-8-15)19-17(12-16(13-23)21(28)30-3)20(27)26-9-5-6-14(2)18(26)24-19/h5-6,9,12,15H,4,7-8,10-11H2,1-3H3. The summed E-state index contributed by atoms with van der Waals surface area (Å²) in [4.78, 5) is 43.9. The van der Waals surface area contributed by atoms with Gasteiger partial charge in [0.05, 0.1) is 25.2 Å². The lowest BCUT2D eigenvalue weighted by atomic mass is 9.96. The number of anilines is 1. The van der Waals surface area contributed by atoms with Crippen LogP contribution in [0.2, 0.25) is 0 Å². The third kappa shape index (κ3) is 4.43. The molecule has 31 heavy (non-hydrogen) atoms. The monoisotopic (exact) mass is 424 g/mol. The van der Waals surface area contributed by atoms with E-state index < -0.39 is 11.5 Å². The number of nitrogens with zero attached hydrogens (tertiary/aromatic N) is 4. The van der Waals surface area contributed by atoms with E-state index in [-0.39, 0.29) is 23.0 Å². The molecule has 0 spiro atoms. The van der Waals surface area contributed by atoms with Gasteiger partial charge in [-0.1, -0.05) is 6.07 Å². The highest BCUT2D eigenvalue weighted by Gasteiger charge is 2.29. The first kappa shape index (κ1) is 22.0. The van der Waals surface area contributed by atoms with Gasteiger partial charge in [-0.3, -0.25) is 14.0 Å². The average molecular weight is 424 g/mol. The Morgan fingerprint density at radius 1 is 1.35 bits per heavy atom. The molecule has 0 saturated carbocycles. The van der Waals surface area contributed by atoms with Crippen LogP contribution in [0.3, 0.4) is 0 Å². The number of rotatable bonds is 5. The van der Waals surface area contributed by atoms with E-state index in [0.29, 0.717) is 44.0 Å². The van der Waals surface area contributed by atoms with E-state index >= 15 is 0 Å². The molecule has 0 radical (unpaired) electrons. The van der Waals surface area contributed by atoms with E-state index in [1.807, 2.05) is 17.9 Å². The molecule has 1 aliphatic rings. The van der Waals surface area contributed by atoms with Gasteiger partial charge in [0, 0.05) is 19.3 Å². The molecule has 9 heteroatoms. The maximum Gasteiger partial charge on any atom is 0.348 e. The van der Waals surface area contributed by atoms with Gasteiger partial charge in [0.25, 0.3) is 5.56 Å². The van der Waals surface area contributed by atoms with Gasteiger partial charge >= 0.3 is 11.9 Å². The van der Waals surface area contributed by atoms with Crippen LogP contribution in [0.4, 0.5) is 5.82 Å². The Hall–Kier alpha value is -3.67. The number of fused-ring (bicyclic) bond motifs is 1. The normalized spacial score (nSPS) is 14.9. The Bertz CT molecular complexity index is 1140. The van der Waals surface area contributed by atoms with Crippen LogP contribution in [-0.2, 0) is 19.1 Å². The summed E-state index contributed by atoms with van der Waals surface area (Å²) < 4.78 is 11.2. The minimum Gasteiger partial charge on any atom is -0.466 e. The summed E-state index contributed by atoms with van der Waals surface area (Å²) in [7, 11) is 1.17. The molecule has 0 unspecified atom stereocenters. The first-order valence-corrected chi connectivity index (χ1v) is 10.0. The maximum atomic E-state index is 13.3. The van der Waals surface area contributed by atoms with Crippen LogP contribution in [0.15, 0.2) is 28.7 Å². The SMILES string of the molecule is CCOC(=O)C1CCN(c2nc3c(C)cccn3c(=O)c2C=C(C#N)C(=O)OC)CC1. The molecule has 3 heterocycles. The van der Waals surface area contributed by atoms with E-state index in [1.54, 1.807) is 25.3 Å². The second-order valence-electron chi connectivity index (χ2n) is 7.21. The molecule has 2 aromatic rings. The van der Waals surface area contributed by atoms with Crippen molar-refractivity contribution in [1.29, 1.82) is 5.26 Å². The van der Waals surface area contributed by atoms with Gasteiger partial charge in [-0.2, -0.15) is 5.26 Å². The number of nitriles is 1. The van der Waals surface area contributed by atoms with Gasteiger partial charge in [0.15, 0.2) is 0 Å². The van der Waals surface area contributed by atoms with Gasteiger partial charge in [0.1, 0.15) is 23.1 Å². The number of esters is 2. The third-order valence-corrected chi connectivity index (χ3v) is 5.29. The number of hydrogen-bond acceptors (Lipinski definition) is 8. The van der Waals surface area contributed by atoms with E-state index in [9.17, 15) is 19.6 Å². The fourth-order valence-electron chi connectivity index (χ4n) is 3.65. The van der Waals surface area contributed by atoms with Gasteiger partial charge in [-0.25, -0.2) is 9.78 Å². The van der Waals surface area contributed by atoms with E-state index in [2.05, 4.69) is 4.74 Å². The molecule has 0 N–H and O–H groups in total. The Balaban J connectivity index is 2.10. The van der Waals surface area contributed by atoms with Crippen molar-refractivity contribution in [2.45, 2.75) is 26.7 Å². The molecule has 1 aliphatic heterocycles. The minimum absolute atomic E-state index is 0.125. The Kier molecular flexibility index (Phi) is 6.70. The molecule has 0 atom stereocenters. The summed E-state index contributed by atoms with van der Waals surface area (Å²) in [5, 5.41) is 9.37. The molecule has 1 saturated heterocycles. The number of aromatic nitrogens is 2. The lowest BCUT2D eigenvalue weighted by molar-refractivity contribution is -0.148. The highest BCUT2D eigenvalue weighted by atomic mass is 16.5. The number of piperidine rings is 1. The summed E-state index contributed by atoms with van der Waals surface area (Å²) in [5.74, 6) is -0.883. The highest BCUT2D eigenvalue weighted by molar-refractivity contribution is 5.98. The van der Waals surface area contributed by atoms with Crippen LogP contribution in [0.1, 0.15) is 30.9 Å². The summed E-state index contributed by atoms with van der Waals surface area (Å²) in [6.07, 6.45) is 3.93. The van der Waals surface area contributed by atoms with Gasteiger partial charge in [-0.05, 0) is 44.4 Å². The van der Waals surface area contributed by atoms with Crippen LogP contribution in [0.5, 0.6) is 0 Å². The number of carbonyl (C=O) groups is 2. The lowest BCUT2D eigenvalue weighted by Crippen LogP contribution is -2.39. The number of ether oxygens (including phenoxy) is 2. The van der Waals surface area contributed by atoms with Crippen molar-refractivity contribution in [1.82, 2.24) is 9.38 Å². The van der Waals surface area contributed by atoms with Crippen LogP contribution >= 0.6 is 0 Å². The van der Waals surface area contributed by atoms with Gasteiger partial charge in [0.2, 0.25) is 0 Å². The van der Waals surface area contributed by atoms with E-state index in [4.69, 9.17) is 9.72 Å². The summed E-state index contributed by atoms with van der Waals surface area (Å²) in [6, 6.07) is 5.37. The van der Waals surface area contributed by atoms with Crippen molar-refractivity contribution in [2.24, 2.45) is 5.92 Å². The van der Waals surface area contributed by atoms with Crippen molar-refractivity contribution < 1.29 is 19.1 Å². The smallest absolute Gasteiger partial charge is 0.348 e. The summed E-state index contributed by atoms with van der Waals surface area (Å²) in [5.41, 5.74) is 0.735. The molecule has 0 amide bonds. The summed E-state index contributed by atoms with van der Waals surface area (Å²) >= 11 is 0. The highest BCUT2D eigenvalue weighted by Crippen LogP contribution is 2.26. The first-order chi connectivity index (χ1) is 14.9. The predicted molar refractivity (Wildman–Crippen MR) is 113 cm³/mol. The van der Waals surface area contributed by atoms with Crippen molar-refractivity contribution >= 4 is 29.5 Å². The predicted octanol–water partition coefficient (Wildman–Crippen LogP) is 1.86. The van der Waals surface area contributed by atoms with Crippen LogP contribution in [0, 0.1) is 24.2 Å². The largest absolute Gasteiger partial charge is 0.466 e. The van der Waals surface area contributed by atoms with Crippen molar-refractivity contribution in [2.75, 3.05) is 31.7 Å². The fraction of sp³-hybridized carbons (Fsp3) is 0.409. The fourth-order valence-corrected chi connectivity index (χ4v) is 3.65. The van der Waals surface area contributed by atoms with Gasteiger partial charge in [-0.15, -0.1) is 0 Å².